The molecule has 0 aliphatic carbocycles. The van der Waals surface area contributed by atoms with Crippen LogP contribution in [0.15, 0.2) is 54.6 Å². The number of ketones is 2. The molecule has 3 nitrogen and oxygen atoms in total. The van der Waals surface area contributed by atoms with E-state index in [2.05, 4.69) is 0 Å². The molecule has 2 aliphatic heterocycles. The summed E-state index contributed by atoms with van der Waals surface area (Å²) in [4.78, 5) is 26.3. The van der Waals surface area contributed by atoms with E-state index in [0.29, 0.717) is 11.4 Å². The minimum Gasteiger partial charge on any atom is -0.348 e. The van der Waals surface area contributed by atoms with Gasteiger partial charge < -0.3 is 4.74 Å². The van der Waals surface area contributed by atoms with Crippen LogP contribution in [-0.2, 0) is 20.7 Å². The molecule has 2 bridgehead atoms. The van der Waals surface area contributed by atoms with Crippen molar-refractivity contribution in [3.63, 3.8) is 0 Å². The Bertz CT molecular complexity index is 945. The predicted octanol–water partition coefficient (Wildman–Crippen LogP) is 4.91. The van der Waals surface area contributed by atoms with Crippen molar-refractivity contribution < 1.29 is 14.3 Å². The van der Waals surface area contributed by atoms with Crippen LogP contribution in [0.25, 0.3) is 11.1 Å². The summed E-state index contributed by atoms with van der Waals surface area (Å²) < 4.78 is 5.79. The highest BCUT2D eigenvalue weighted by Gasteiger charge is 2.54. The molecule has 0 aromatic heterocycles. The number of rotatable bonds is 4. The lowest BCUT2D eigenvalue weighted by Crippen LogP contribution is -2.51. The van der Waals surface area contributed by atoms with Crippen LogP contribution >= 0.6 is 11.6 Å². The molecule has 0 radical (unpaired) electrons. The van der Waals surface area contributed by atoms with Crippen LogP contribution in [0.1, 0.15) is 37.3 Å². The predicted molar refractivity (Wildman–Crippen MR) is 106 cm³/mol. The van der Waals surface area contributed by atoms with E-state index in [1.165, 1.54) is 0 Å². The highest BCUT2D eigenvalue weighted by Crippen LogP contribution is 2.42. The Labute approximate surface area is 164 Å². The van der Waals surface area contributed by atoms with Gasteiger partial charge in [0.05, 0.1) is 0 Å². The van der Waals surface area contributed by atoms with Gasteiger partial charge in [-0.1, -0.05) is 49.7 Å². The normalized spacial score (nSPS) is 26.6. The molecule has 0 spiro atoms. The van der Waals surface area contributed by atoms with Gasteiger partial charge in [0.1, 0.15) is 17.6 Å². The van der Waals surface area contributed by atoms with Crippen LogP contribution in [0.4, 0.5) is 0 Å². The molecule has 4 heteroatoms. The fourth-order valence-corrected chi connectivity index (χ4v) is 4.18. The van der Waals surface area contributed by atoms with Gasteiger partial charge >= 0.3 is 0 Å². The van der Waals surface area contributed by atoms with Crippen molar-refractivity contribution in [3.8, 4) is 11.1 Å². The van der Waals surface area contributed by atoms with Gasteiger partial charge in [0.2, 0.25) is 0 Å². The summed E-state index contributed by atoms with van der Waals surface area (Å²) in [6.45, 7) is 3.96. The van der Waals surface area contributed by atoms with Gasteiger partial charge in [0.15, 0.2) is 11.6 Å². The summed E-state index contributed by atoms with van der Waals surface area (Å²) in [5.74, 6) is -1.09. The van der Waals surface area contributed by atoms with Crippen LogP contribution in [0.2, 0.25) is 5.02 Å². The molecule has 0 N–H and O–H groups in total. The van der Waals surface area contributed by atoms with E-state index in [1.54, 1.807) is 12.2 Å². The summed E-state index contributed by atoms with van der Waals surface area (Å²) in [6, 6.07) is 13.6. The number of fused-ring (bicyclic) bond motifs is 2. The second kappa shape index (κ2) is 6.74. The van der Waals surface area contributed by atoms with Crippen LogP contribution in [0.3, 0.4) is 0 Å². The van der Waals surface area contributed by atoms with Crippen LogP contribution < -0.4 is 0 Å². The molecule has 3 atom stereocenters. The lowest BCUT2D eigenvalue weighted by Gasteiger charge is -2.35. The van der Waals surface area contributed by atoms with Crippen LogP contribution in [0, 0.1) is 0 Å². The Balaban J connectivity index is 1.82. The summed E-state index contributed by atoms with van der Waals surface area (Å²) >= 11 is 6.00. The lowest BCUT2D eigenvalue weighted by atomic mass is 9.77. The molecule has 27 heavy (non-hydrogen) atoms. The van der Waals surface area contributed by atoms with Crippen molar-refractivity contribution >= 4 is 23.2 Å². The Hall–Kier alpha value is -2.23. The summed E-state index contributed by atoms with van der Waals surface area (Å²) in [5, 5.41) is 0.673. The average Bonchev–Trinajstić information content (AvgIpc) is 3.10. The molecule has 1 unspecified atom stereocenters. The van der Waals surface area contributed by atoms with Crippen molar-refractivity contribution in [2.75, 3.05) is 0 Å². The average molecular weight is 381 g/mol. The Morgan fingerprint density at radius 3 is 2.41 bits per heavy atom. The minimum absolute atomic E-state index is 0.150. The quantitative estimate of drug-likeness (QED) is 0.559. The first kappa shape index (κ1) is 18.1. The molecule has 1 fully saturated rings. The topological polar surface area (TPSA) is 43.4 Å². The molecule has 1 saturated heterocycles. The summed E-state index contributed by atoms with van der Waals surface area (Å²) in [5.41, 5.74) is 2.82. The van der Waals surface area contributed by atoms with Crippen molar-refractivity contribution in [3.05, 3.63) is 70.8 Å². The lowest BCUT2D eigenvalue weighted by molar-refractivity contribution is -0.160. The largest absolute Gasteiger partial charge is 0.348 e. The molecule has 2 aromatic rings. The fourth-order valence-electron chi connectivity index (χ4n) is 4.06. The molecular weight excluding hydrogens is 360 g/mol. The van der Waals surface area contributed by atoms with Crippen molar-refractivity contribution in [1.29, 1.82) is 0 Å². The van der Waals surface area contributed by atoms with Crippen molar-refractivity contribution in [1.82, 2.24) is 0 Å². The van der Waals surface area contributed by atoms with Gasteiger partial charge in [-0.05, 0) is 65.4 Å². The monoisotopic (exact) mass is 380 g/mol. The van der Waals surface area contributed by atoms with Crippen molar-refractivity contribution in [2.45, 2.75) is 44.3 Å². The second-order valence-corrected chi connectivity index (χ2v) is 7.55. The molecule has 4 rings (SSSR count). The van der Waals surface area contributed by atoms with E-state index in [9.17, 15) is 9.59 Å². The Morgan fingerprint density at radius 2 is 1.74 bits per heavy atom. The molecule has 138 valence electrons. The fraction of sp³-hybridized carbons (Fsp3) is 0.304. The zero-order valence-electron chi connectivity index (χ0n) is 15.4. The number of hydrogen-bond acceptors (Lipinski definition) is 3. The van der Waals surface area contributed by atoms with E-state index in [-0.39, 0.29) is 11.6 Å². The van der Waals surface area contributed by atoms with Gasteiger partial charge in [0.25, 0.3) is 0 Å². The zero-order chi connectivity index (χ0) is 19.2. The third-order valence-electron chi connectivity index (χ3n) is 5.66. The number of ether oxygens (including phenoxy) is 1. The highest BCUT2D eigenvalue weighted by molar-refractivity contribution is 6.30. The zero-order valence-corrected chi connectivity index (χ0v) is 16.1. The molecule has 0 saturated carbocycles. The molecular formula is C23H21ClO3. The third kappa shape index (κ3) is 2.86. The van der Waals surface area contributed by atoms with Gasteiger partial charge in [-0.2, -0.15) is 0 Å². The minimum atomic E-state index is -0.968. The number of aryl methyl sites for hydroxylation is 1. The highest BCUT2D eigenvalue weighted by atomic mass is 35.5. The smallest absolute Gasteiger partial charge is 0.183 e. The third-order valence-corrected chi connectivity index (χ3v) is 5.91. The standard InChI is InChI=1S/C23H21ClO3/c1-3-14-5-6-16(15-7-9-17(24)10-8-15)13-18(14)20-21(25)19-11-12-23(4-2,27-19)22(20)26/h5-13,19-20H,3-4H2,1-2H3/t19-,20?,23+/m0/s1. The Kier molecular flexibility index (Phi) is 4.53. The number of hydrogen-bond donors (Lipinski definition) is 0. The van der Waals surface area contributed by atoms with E-state index in [1.807, 2.05) is 56.3 Å². The molecule has 2 aliphatic rings. The number of Topliss-reactive ketones (excluding diaryl/α,β-unsaturated/α-hetero) is 2. The van der Waals surface area contributed by atoms with Gasteiger partial charge in [-0.3, -0.25) is 9.59 Å². The molecule has 2 heterocycles. The first-order valence-corrected chi connectivity index (χ1v) is 9.71. The number of carbonyl (C=O) groups excluding carboxylic acids is 2. The maximum Gasteiger partial charge on any atom is 0.183 e. The SMILES string of the molecule is CCc1ccc(-c2ccc(Cl)cc2)cc1C1C(=O)[C@@H]2C=C[C@@](CC)(O2)C1=O. The van der Waals surface area contributed by atoms with Gasteiger partial charge in [-0.15, -0.1) is 0 Å². The molecule has 0 amide bonds. The Morgan fingerprint density at radius 1 is 1.04 bits per heavy atom. The van der Waals surface area contributed by atoms with Crippen molar-refractivity contribution in [2.24, 2.45) is 0 Å². The summed E-state index contributed by atoms with van der Waals surface area (Å²) in [7, 11) is 0. The van der Waals surface area contributed by atoms with Crippen LogP contribution in [-0.4, -0.2) is 23.3 Å². The van der Waals surface area contributed by atoms with Gasteiger partial charge in [0, 0.05) is 5.02 Å². The van der Waals surface area contributed by atoms with E-state index in [0.717, 1.165) is 28.7 Å². The number of halogens is 1. The number of carbonyl (C=O) groups is 2. The number of benzene rings is 2. The van der Waals surface area contributed by atoms with E-state index >= 15 is 0 Å². The maximum absolute atomic E-state index is 13.3. The first-order chi connectivity index (χ1) is 13.0. The summed E-state index contributed by atoms with van der Waals surface area (Å²) in [6.07, 6.45) is 4.16. The van der Waals surface area contributed by atoms with Gasteiger partial charge in [-0.25, -0.2) is 0 Å². The maximum atomic E-state index is 13.3. The molecule has 2 aromatic carbocycles. The van der Waals surface area contributed by atoms with E-state index < -0.39 is 17.6 Å². The van der Waals surface area contributed by atoms with Crippen LogP contribution in [0.5, 0.6) is 0 Å². The van der Waals surface area contributed by atoms with E-state index in [4.69, 9.17) is 16.3 Å². The first-order valence-electron chi connectivity index (χ1n) is 9.33. The second-order valence-electron chi connectivity index (χ2n) is 7.11.